The highest BCUT2D eigenvalue weighted by atomic mass is 16.6. The number of amides is 3. The van der Waals surface area contributed by atoms with Crippen LogP contribution in [0.3, 0.4) is 0 Å². The van der Waals surface area contributed by atoms with Crippen molar-refractivity contribution in [1.82, 2.24) is 30.1 Å². The first kappa shape index (κ1) is 33.1. The van der Waals surface area contributed by atoms with Gasteiger partial charge in [0.1, 0.15) is 30.2 Å². The Morgan fingerprint density at radius 1 is 1.23 bits per heavy atom. The topological polar surface area (TPSA) is 172 Å². The van der Waals surface area contributed by atoms with E-state index in [0.29, 0.717) is 55.7 Å². The summed E-state index contributed by atoms with van der Waals surface area (Å²) < 4.78 is 11.4. The molecule has 3 atom stereocenters. The lowest BCUT2D eigenvalue weighted by Crippen LogP contribution is -2.52. The summed E-state index contributed by atoms with van der Waals surface area (Å²) in [7, 11) is 3.17. The molecule has 0 saturated carbocycles. The van der Waals surface area contributed by atoms with Crippen molar-refractivity contribution >= 4 is 40.9 Å². The van der Waals surface area contributed by atoms with Crippen molar-refractivity contribution in [2.45, 2.75) is 77.5 Å². The van der Waals surface area contributed by atoms with Crippen molar-refractivity contribution < 1.29 is 28.7 Å². The monoisotopic (exact) mass is 598 g/mol. The summed E-state index contributed by atoms with van der Waals surface area (Å²) in [6.07, 6.45) is 4.41. The summed E-state index contributed by atoms with van der Waals surface area (Å²) in [5, 5.41) is 15.0. The lowest BCUT2D eigenvalue weighted by molar-refractivity contribution is -0.143. The van der Waals surface area contributed by atoms with Gasteiger partial charge in [0.25, 0.3) is 0 Å². The number of alkyl carbamates (subject to hydrolysis) is 1. The number of hydrogen-bond donors (Lipinski definition) is 2. The molecule has 0 unspecified atom stereocenters. The minimum atomic E-state index is -0.862. The minimum Gasteiger partial charge on any atom is -0.467 e. The largest absolute Gasteiger partial charge is 0.467 e. The van der Waals surface area contributed by atoms with Gasteiger partial charge in [-0.05, 0) is 58.4 Å². The molecule has 3 rings (SSSR count). The number of carbonyl (C=O) groups excluding carboxylic acids is 4. The van der Waals surface area contributed by atoms with Gasteiger partial charge in [0.05, 0.1) is 24.6 Å². The van der Waals surface area contributed by atoms with E-state index in [2.05, 4.69) is 27.5 Å². The smallest absolute Gasteiger partial charge is 0.408 e. The second-order valence-corrected chi connectivity index (χ2v) is 11.7. The van der Waals surface area contributed by atoms with Crippen LogP contribution in [-0.4, -0.2) is 94.9 Å². The Bertz CT molecular complexity index is 1350. The van der Waals surface area contributed by atoms with Crippen LogP contribution in [0.4, 0.5) is 15.4 Å². The molecule has 14 heteroatoms. The molecule has 1 aliphatic rings. The highest BCUT2D eigenvalue weighted by Gasteiger charge is 2.33. The number of esters is 1. The number of rotatable bonds is 10. The second-order valence-electron chi connectivity index (χ2n) is 11.7. The number of likely N-dealkylation sites (N-methyl/N-ethyl adjacent to an activating group) is 1. The van der Waals surface area contributed by atoms with Crippen LogP contribution in [0.15, 0.2) is 18.6 Å². The molecule has 43 heavy (non-hydrogen) atoms. The van der Waals surface area contributed by atoms with Gasteiger partial charge >= 0.3 is 18.1 Å². The van der Waals surface area contributed by atoms with Crippen LogP contribution in [0.1, 0.15) is 59.8 Å². The lowest BCUT2D eigenvalue weighted by Gasteiger charge is -2.42. The number of nitrogens with one attached hydrogen (secondary N) is 2. The Morgan fingerprint density at radius 2 is 1.98 bits per heavy atom. The molecule has 0 aromatic carbocycles. The third-order valence-corrected chi connectivity index (χ3v) is 7.38. The van der Waals surface area contributed by atoms with Crippen LogP contribution >= 0.6 is 0 Å². The molecular weight excluding hydrogens is 556 g/mol. The number of likely N-dealkylation sites (tertiary alicyclic amines) is 1. The first-order valence-electron chi connectivity index (χ1n) is 14.4. The van der Waals surface area contributed by atoms with Crippen molar-refractivity contribution in [2.24, 2.45) is 5.92 Å². The summed E-state index contributed by atoms with van der Waals surface area (Å²) in [4.78, 5) is 62.2. The van der Waals surface area contributed by atoms with Crippen molar-refractivity contribution in [3.05, 3.63) is 18.6 Å². The number of piperidine rings is 1. The molecule has 3 heterocycles. The molecule has 0 radical (unpaired) electrons. The predicted molar refractivity (Wildman–Crippen MR) is 158 cm³/mol. The van der Waals surface area contributed by atoms with Gasteiger partial charge in [0, 0.05) is 32.9 Å². The van der Waals surface area contributed by atoms with Gasteiger partial charge in [-0.3, -0.25) is 9.36 Å². The second kappa shape index (κ2) is 14.7. The number of hydrogen-bond acceptors (Lipinski definition) is 10. The number of unbranched alkanes of at least 4 members (excludes halogenated alkanes) is 1. The molecule has 2 aromatic heterocycles. The molecule has 14 nitrogen and oxygen atoms in total. The molecule has 3 amide bonds. The molecule has 2 N–H and O–H groups in total. The van der Waals surface area contributed by atoms with Gasteiger partial charge in [0.2, 0.25) is 5.91 Å². The van der Waals surface area contributed by atoms with Crippen LogP contribution in [0, 0.1) is 17.2 Å². The van der Waals surface area contributed by atoms with E-state index in [1.807, 2.05) is 18.0 Å². The molecule has 1 aliphatic heterocycles. The zero-order valence-corrected chi connectivity index (χ0v) is 25.8. The van der Waals surface area contributed by atoms with E-state index in [9.17, 15) is 19.2 Å². The van der Waals surface area contributed by atoms with E-state index >= 15 is 0 Å². The highest BCUT2D eigenvalue weighted by Crippen LogP contribution is 2.29. The molecule has 0 bridgehead atoms. The van der Waals surface area contributed by atoms with Gasteiger partial charge in [-0.15, -0.1) is 0 Å². The van der Waals surface area contributed by atoms with Gasteiger partial charge in [0.15, 0.2) is 5.65 Å². The molecular formula is C29H42N8O6. The summed E-state index contributed by atoms with van der Waals surface area (Å²) in [6.45, 7) is 8.76. The fourth-order valence-corrected chi connectivity index (χ4v) is 5.09. The zero-order valence-electron chi connectivity index (χ0n) is 25.8. The quantitative estimate of drug-likeness (QED) is 0.306. The average molecular weight is 599 g/mol. The number of methoxy groups -OCH3 is 1. The molecule has 0 spiro atoms. The van der Waals surface area contributed by atoms with Gasteiger partial charge in [-0.2, -0.15) is 5.26 Å². The first-order chi connectivity index (χ1) is 20.4. The van der Waals surface area contributed by atoms with Crippen LogP contribution in [-0.2, 0) is 19.1 Å². The van der Waals surface area contributed by atoms with Crippen LogP contribution in [0.25, 0.3) is 11.0 Å². The summed E-state index contributed by atoms with van der Waals surface area (Å²) in [5.41, 5.74) is -0.254. The third-order valence-electron chi connectivity index (χ3n) is 7.38. The minimum absolute atomic E-state index is 0.0229. The van der Waals surface area contributed by atoms with E-state index in [-0.39, 0.29) is 30.3 Å². The fraction of sp³-hybridized carbons (Fsp3) is 0.621. The fourth-order valence-electron chi connectivity index (χ4n) is 5.09. The van der Waals surface area contributed by atoms with Gasteiger partial charge in [-0.1, -0.05) is 6.92 Å². The molecule has 2 aromatic rings. The summed E-state index contributed by atoms with van der Waals surface area (Å²) >= 11 is 0. The Morgan fingerprint density at radius 3 is 2.65 bits per heavy atom. The van der Waals surface area contributed by atoms with Crippen molar-refractivity contribution in [3.8, 4) is 6.07 Å². The van der Waals surface area contributed by atoms with E-state index < -0.39 is 23.7 Å². The van der Waals surface area contributed by atoms with Crippen molar-refractivity contribution in [3.63, 3.8) is 0 Å². The van der Waals surface area contributed by atoms with Gasteiger partial charge < -0.3 is 29.9 Å². The van der Waals surface area contributed by atoms with Gasteiger partial charge in [-0.25, -0.2) is 24.4 Å². The Balaban J connectivity index is 1.59. The Labute approximate surface area is 251 Å². The summed E-state index contributed by atoms with van der Waals surface area (Å²) in [5.74, 6) is 0.181. The van der Waals surface area contributed by atoms with E-state index in [1.165, 1.54) is 18.0 Å². The molecule has 1 fully saturated rings. The SMILES string of the molecule is COC(=O)[C@H](CCCCNC(=O)n1ccc2c(N(C)[C@H]3CN(C(=O)CC#N)CC[C@H]3C)ncnc21)NC(=O)OC(C)(C)C. The number of nitriles is 1. The van der Waals surface area contributed by atoms with Crippen molar-refractivity contribution in [2.75, 3.05) is 38.7 Å². The molecule has 234 valence electrons. The maximum Gasteiger partial charge on any atom is 0.408 e. The van der Waals surface area contributed by atoms with E-state index in [4.69, 9.17) is 14.7 Å². The first-order valence-corrected chi connectivity index (χ1v) is 14.4. The van der Waals surface area contributed by atoms with Crippen LogP contribution in [0.2, 0.25) is 0 Å². The molecule has 0 aliphatic carbocycles. The van der Waals surface area contributed by atoms with E-state index in [0.717, 1.165) is 6.42 Å². The van der Waals surface area contributed by atoms with Crippen LogP contribution < -0.4 is 15.5 Å². The number of carbonyl (C=O) groups is 4. The average Bonchev–Trinajstić information content (AvgIpc) is 3.39. The van der Waals surface area contributed by atoms with E-state index in [1.54, 1.807) is 37.9 Å². The van der Waals surface area contributed by atoms with Crippen LogP contribution in [0.5, 0.6) is 0 Å². The maximum atomic E-state index is 13.0. The lowest BCUT2D eigenvalue weighted by atomic mass is 9.92. The number of fused-ring (bicyclic) bond motifs is 1. The number of anilines is 1. The zero-order chi connectivity index (χ0) is 31.7. The number of ether oxygens (including phenoxy) is 2. The number of aromatic nitrogens is 3. The standard InChI is InChI=1S/C29H42N8O6/c1-19-11-15-36(23(38)10-13-30)17-22(19)35(5)24-20-12-16-37(25(20)33-18-32-24)27(40)31-14-8-7-9-21(26(39)42-6)34-28(41)43-29(2,3)4/h12,16,18-19,21-22H,7-11,14-15,17H2,1-6H3,(H,31,40)(H,34,41)/t19-,21+,22+/m1/s1. The highest BCUT2D eigenvalue weighted by molar-refractivity contribution is 5.95. The molecule has 1 saturated heterocycles. The summed E-state index contributed by atoms with van der Waals surface area (Å²) in [6, 6.07) is 2.47. The number of nitrogens with zero attached hydrogens (tertiary/aromatic N) is 6. The normalized spacial score (nSPS) is 17.5. The third kappa shape index (κ3) is 8.79. The van der Waals surface area contributed by atoms with Crippen molar-refractivity contribution in [1.29, 1.82) is 5.26 Å². The predicted octanol–water partition coefficient (Wildman–Crippen LogP) is 2.81. The maximum absolute atomic E-state index is 13.0. The Hall–Kier alpha value is -4.41. The Kier molecular flexibility index (Phi) is 11.3.